The molecule has 0 aliphatic carbocycles. The molecule has 1 N–H and O–H groups in total. The summed E-state index contributed by atoms with van der Waals surface area (Å²) in [4.78, 5) is 51.0. The number of aromatic nitrogens is 1. The fraction of sp³-hybridized carbons (Fsp3) is 0.238. The van der Waals surface area contributed by atoms with Crippen molar-refractivity contribution in [1.29, 1.82) is 0 Å². The Bertz CT molecular complexity index is 1210. The Morgan fingerprint density at radius 3 is 2.57 bits per heavy atom. The van der Waals surface area contributed by atoms with E-state index in [0.29, 0.717) is 22.5 Å². The first-order chi connectivity index (χ1) is 14.4. The van der Waals surface area contributed by atoms with Gasteiger partial charge in [0.25, 0.3) is 5.91 Å². The maximum Gasteiger partial charge on any atom is 0.420 e. The van der Waals surface area contributed by atoms with Crippen molar-refractivity contribution in [2.45, 2.75) is 26.0 Å². The second-order valence-electron chi connectivity index (χ2n) is 6.95. The summed E-state index contributed by atoms with van der Waals surface area (Å²) in [6, 6.07) is 12.6. The lowest BCUT2D eigenvalue weighted by atomic mass is 10.1. The Morgan fingerprint density at radius 2 is 1.77 bits per heavy atom. The standard InChI is InChI=1S/C21H19N3O6/c1-12(24-16-9-5-6-10-17(16)30-21(24)28)20(27)29-13(2)19(26)23-11-18(25)22-14-7-3-4-8-15(14)23/h3-10,12-13H,11H2,1-2H3,(H,22,25). The SMILES string of the molecule is CC(OC(=O)C(C)n1c(=O)oc2ccccc21)C(=O)N1CC(=O)Nc2ccccc21. The van der Waals surface area contributed by atoms with Crippen LogP contribution in [0.2, 0.25) is 0 Å². The number of hydrogen-bond donors (Lipinski definition) is 1. The van der Waals surface area contributed by atoms with Crippen LogP contribution in [0.3, 0.4) is 0 Å². The fourth-order valence-electron chi connectivity index (χ4n) is 3.43. The van der Waals surface area contributed by atoms with Crippen molar-refractivity contribution < 1.29 is 23.5 Å². The highest BCUT2D eigenvalue weighted by Gasteiger charge is 2.33. The van der Waals surface area contributed by atoms with E-state index < -0.39 is 29.8 Å². The van der Waals surface area contributed by atoms with Crippen LogP contribution in [-0.4, -0.2) is 35.0 Å². The number of carbonyl (C=O) groups is 3. The van der Waals surface area contributed by atoms with Gasteiger partial charge >= 0.3 is 11.7 Å². The number of benzene rings is 2. The van der Waals surface area contributed by atoms with Crippen molar-refractivity contribution in [2.75, 3.05) is 16.8 Å². The molecule has 2 atom stereocenters. The van der Waals surface area contributed by atoms with E-state index in [9.17, 15) is 19.2 Å². The highest BCUT2D eigenvalue weighted by atomic mass is 16.5. The molecule has 9 nitrogen and oxygen atoms in total. The Morgan fingerprint density at radius 1 is 1.07 bits per heavy atom. The van der Waals surface area contributed by atoms with E-state index in [2.05, 4.69) is 5.32 Å². The van der Waals surface area contributed by atoms with Gasteiger partial charge < -0.3 is 14.5 Å². The number of nitrogens with one attached hydrogen (secondary N) is 1. The zero-order chi connectivity index (χ0) is 21.4. The molecule has 1 aliphatic heterocycles. The van der Waals surface area contributed by atoms with Crippen molar-refractivity contribution >= 4 is 40.3 Å². The van der Waals surface area contributed by atoms with Crippen LogP contribution in [0.1, 0.15) is 19.9 Å². The third kappa shape index (κ3) is 3.34. The van der Waals surface area contributed by atoms with Gasteiger partial charge in [-0.3, -0.25) is 19.1 Å². The van der Waals surface area contributed by atoms with Crippen LogP contribution >= 0.6 is 0 Å². The van der Waals surface area contributed by atoms with E-state index >= 15 is 0 Å². The van der Waals surface area contributed by atoms with Gasteiger partial charge in [-0.25, -0.2) is 9.59 Å². The highest BCUT2D eigenvalue weighted by Crippen LogP contribution is 2.29. The average molecular weight is 409 g/mol. The van der Waals surface area contributed by atoms with Gasteiger partial charge in [0.2, 0.25) is 5.91 Å². The number of ether oxygens (including phenoxy) is 1. The Balaban J connectivity index is 1.53. The summed E-state index contributed by atoms with van der Waals surface area (Å²) >= 11 is 0. The molecule has 0 radical (unpaired) electrons. The van der Waals surface area contributed by atoms with E-state index in [4.69, 9.17) is 9.15 Å². The number of oxazole rings is 1. The zero-order valence-corrected chi connectivity index (χ0v) is 16.3. The molecular formula is C21H19N3O6. The van der Waals surface area contributed by atoms with E-state index in [0.717, 1.165) is 0 Å². The number of carbonyl (C=O) groups excluding carboxylic acids is 3. The molecule has 3 aromatic rings. The first-order valence-corrected chi connectivity index (χ1v) is 9.37. The van der Waals surface area contributed by atoms with Crippen molar-refractivity contribution in [1.82, 2.24) is 4.57 Å². The first kappa shape index (κ1) is 19.4. The number of rotatable bonds is 4. The van der Waals surface area contributed by atoms with Crippen LogP contribution in [0.4, 0.5) is 11.4 Å². The summed E-state index contributed by atoms with van der Waals surface area (Å²) < 4.78 is 11.7. The Kier molecular flexibility index (Phi) is 4.86. The van der Waals surface area contributed by atoms with Crippen molar-refractivity contribution in [3.63, 3.8) is 0 Å². The van der Waals surface area contributed by atoms with E-state index in [1.807, 2.05) is 0 Å². The second kappa shape index (κ2) is 7.51. The van der Waals surface area contributed by atoms with E-state index in [1.54, 1.807) is 48.5 Å². The summed E-state index contributed by atoms with van der Waals surface area (Å²) in [7, 11) is 0. The summed E-state index contributed by atoms with van der Waals surface area (Å²) in [6.07, 6.45) is -1.16. The van der Waals surface area contributed by atoms with Crippen molar-refractivity contribution in [3.8, 4) is 0 Å². The topological polar surface area (TPSA) is 111 Å². The molecular weight excluding hydrogens is 390 g/mol. The van der Waals surface area contributed by atoms with Gasteiger partial charge in [-0.15, -0.1) is 0 Å². The van der Waals surface area contributed by atoms with Gasteiger partial charge in [0.15, 0.2) is 11.7 Å². The maximum absolute atomic E-state index is 12.9. The summed E-state index contributed by atoms with van der Waals surface area (Å²) in [5.41, 5.74) is 1.83. The normalized spacial score (nSPS) is 15.3. The molecule has 0 saturated carbocycles. The molecule has 2 aromatic carbocycles. The molecule has 1 aromatic heterocycles. The van der Waals surface area contributed by atoms with Crippen LogP contribution in [0.25, 0.3) is 11.1 Å². The number of para-hydroxylation sites is 4. The predicted octanol–water partition coefficient (Wildman–Crippen LogP) is 2.07. The number of anilines is 2. The van der Waals surface area contributed by atoms with Gasteiger partial charge in [-0.1, -0.05) is 24.3 Å². The third-order valence-corrected chi connectivity index (χ3v) is 4.92. The molecule has 2 heterocycles. The molecule has 154 valence electrons. The molecule has 0 fully saturated rings. The van der Waals surface area contributed by atoms with E-state index in [-0.39, 0.29) is 12.5 Å². The van der Waals surface area contributed by atoms with Crippen LogP contribution in [0.15, 0.2) is 57.7 Å². The highest BCUT2D eigenvalue weighted by molar-refractivity contribution is 6.11. The zero-order valence-electron chi connectivity index (χ0n) is 16.3. The predicted molar refractivity (Wildman–Crippen MR) is 108 cm³/mol. The lowest BCUT2D eigenvalue weighted by Crippen LogP contribution is -2.47. The minimum atomic E-state index is -1.16. The molecule has 30 heavy (non-hydrogen) atoms. The lowest BCUT2D eigenvalue weighted by Gasteiger charge is -2.31. The molecule has 0 bridgehead atoms. The lowest BCUT2D eigenvalue weighted by molar-refractivity contribution is -0.156. The number of amides is 2. The summed E-state index contributed by atoms with van der Waals surface area (Å²) in [5.74, 6) is -2.34. The van der Waals surface area contributed by atoms with Gasteiger partial charge in [-0.05, 0) is 38.1 Å². The average Bonchev–Trinajstić information content (AvgIpc) is 3.07. The minimum absolute atomic E-state index is 0.181. The Labute approximate surface area is 170 Å². The summed E-state index contributed by atoms with van der Waals surface area (Å²) in [6.45, 7) is 2.74. The van der Waals surface area contributed by atoms with Crippen LogP contribution < -0.4 is 16.0 Å². The molecule has 9 heteroatoms. The van der Waals surface area contributed by atoms with Crippen LogP contribution in [-0.2, 0) is 19.1 Å². The fourth-order valence-corrected chi connectivity index (χ4v) is 3.43. The molecule has 2 unspecified atom stereocenters. The van der Waals surface area contributed by atoms with Gasteiger partial charge in [0.1, 0.15) is 12.6 Å². The second-order valence-corrected chi connectivity index (χ2v) is 6.95. The number of hydrogen-bond acceptors (Lipinski definition) is 6. The maximum atomic E-state index is 12.9. The minimum Gasteiger partial charge on any atom is -0.451 e. The third-order valence-electron chi connectivity index (χ3n) is 4.92. The quantitative estimate of drug-likeness (QED) is 0.661. The number of fused-ring (bicyclic) bond motifs is 2. The smallest absolute Gasteiger partial charge is 0.420 e. The molecule has 0 spiro atoms. The first-order valence-electron chi connectivity index (χ1n) is 9.37. The Hall–Kier alpha value is -3.88. The van der Waals surface area contributed by atoms with Crippen LogP contribution in [0.5, 0.6) is 0 Å². The number of esters is 1. The molecule has 2 amide bonds. The molecule has 0 saturated heterocycles. The van der Waals surface area contributed by atoms with E-state index in [1.165, 1.54) is 23.3 Å². The summed E-state index contributed by atoms with van der Waals surface area (Å²) in [5, 5.41) is 2.70. The monoisotopic (exact) mass is 409 g/mol. The molecule has 1 aliphatic rings. The van der Waals surface area contributed by atoms with Crippen LogP contribution in [0, 0.1) is 0 Å². The van der Waals surface area contributed by atoms with Gasteiger partial charge in [0.05, 0.1) is 16.9 Å². The van der Waals surface area contributed by atoms with Crippen molar-refractivity contribution in [3.05, 3.63) is 59.1 Å². The molecule has 4 rings (SSSR count). The van der Waals surface area contributed by atoms with Gasteiger partial charge in [0, 0.05) is 0 Å². The van der Waals surface area contributed by atoms with Gasteiger partial charge in [-0.2, -0.15) is 0 Å². The largest absolute Gasteiger partial charge is 0.451 e. The van der Waals surface area contributed by atoms with Crippen molar-refractivity contribution in [2.24, 2.45) is 0 Å². The number of nitrogens with zero attached hydrogens (tertiary/aromatic N) is 2.